The number of halogens is 1. The molecule has 4 aromatic rings. The highest BCUT2D eigenvalue weighted by atomic mass is 35.5. The van der Waals surface area contributed by atoms with Crippen molar-refractivity contribution >= 4 is 33.8 Å². The summed E-state index contributed by atoms with van der Waals surface area (Å²) in [4.78, 5) is 18.9. The normalized spacial score (nSPS) is 13.1. The van der Waals surface area contributed by atoms with E-state index >= 15 is 0 Å². The van der Waals surface area contributed by atoms with Gasteiger partial charge in [-0.25, -0.2) is 0 Å². The molecule has 2 heterocycles. The molecule has 31 heavy (non-hydrogen) atoms. The lowest BCUT2D eigenvalue weighted by molar-refractivity contribution is 0.102. The van der Waals surface area contributed by atoms with Gasteiger partial charge in [0.15, 0.2) is 0 Å². The van der Waals surface area contributed by atoms with Crippen molar-refractivity contribution in [1.29, 1.82) is 0 Å². The molecule has 7 heteroatoms. The smallest absolute Gasteiger partial charge is 0.261 e. The molecule has 0 radical (unpaired) electrons. The van der Waals surface area contributed by atoms with Gasteiger partial charge in [0.1, 0.15) is 5.00 Å². The van der Waals surface area contributed by atoms with Crippen LogP contribution in [0.2, 0.25) is 5.02 Å². The van der Waals surface area contributed by atoms with Crippen molar-refractivity contribution in [3.63, 3.8) is 0 Å². The predicted molar refractivity (Wildman–Crippen MR) is 124 cm³/mol. The quantitative estimate of drug-likeness (QED) is 0.383. The number of fused-ring (bicyclic) bond motifs is 1. The van der Waals surface area contributed by atoms with Gasteiger partial charge in [0.2, 0.25) is 5.82 Å². The van der Waals surface area contributed by atoms with E-state index in [9.17, 15) is 4.79 Å². The second-order valence-electron chi connectivity index (χ2n) is 7.64. The van der Waals surface area contributed by atoms with E-state index in [4.69, 9.17) is 16.1 Å². The number of aromatic nitrogens is 2. The Morgan fingerprint density at radius 2 is 1.87 bits per heavy atom. The molecule has 156 valence electrons. The van der Waals surface area contributed by atoms with Crippen LogP contribution in [0.25, 0.3) is 22.8 Å². The maximum absolute atomic E-state index is 12.9. The first-order valence-corrected chi connectivity index (χ1v) is 11.4. The molecule has 0 bridgehead atoms. The summed E-state index contributed by atoms with van der Waals surface area (Å²) in [6, 6.07) is 15.0. The summed E-state index contributed by atoms with van der Waals surface area (Å²) in [5.74, 6) is 0.724. The number of hydrogen-bond acceptors (Lipinski definition) is 5. The molecule has 5 rings (SSSR count). The third-order valence-corrected chi connectivity index (χ3v) is 7.00. The minimum Gasteiger partial charge on any atom is -0.333 e. The lowest BCUT2D eigenvalue weighted by Crippen LogP contribution is -2.12. The van der Waals surface area contributed by atoms with Crippen LogP contribution in [0.3, 0.4) is 0 Å². The highest BCUT2D eigenvalue weighted by Crippen LogP contribution is 2.44. The standard InChI is InChI=1S/C24H20ClN3O2S/c1-14-10-12-15(13-11-14)21-26-23(30-28-21)20-17-7-3-5-9-19(17)31-24(20)27-22(29)16-6-2-4-8-18(16)25/h2,4,6,8,10-13H,3,5,7,9H2,1H3,(H,27,29). The summed E-state index contributed by atoms with van der Waals surface area (Å²) in [5.41, 5.74) is 4.54. The van der Waals surface area contributed by atoms with Crippen LogP contribution in [-0.2, 0) is 12.8 Å². The summed E-state index contributed by atoms with van der Waals surface area (Å²) >= 11 is 7.82. The van der Waals surface area contributed by atoms with E-state index in [-0.39, 0.29) is 5.91 Å². The van der Waals surface area contributed by atoms with Crippen LogP contribution in [0.1, 0.15) is 39.2 Å². The lowest BCUT2D eigenvalue weighted by Gasteiger charge is -2.11. The Morgan fingerprint density at radius 1 is 1.10 bits per heavy atom. The lowest BCUT2D eigenvalue weighted by atomic mass is 9.95. The summed E-state index contributed by atoms with van der Waals surface area (Å²) in [6.45, 7) is 2.04. The molecular formula is C24H20ClN3O2S. The fourth-order valence-electron chi connectivity index (χ4n) is 3.84. The van der Waals surface area contributed by atoms with Crippen molar-refractivity contribution in [2.24, 2.45) is 0 Å². The Morgan fingerprint density at radius 3 is 2.68 bits per heavy atom. The van der Waals surface area contributed by atoms with Crippen molar-refractivity contribution in [3.05, 3.63) is 75.1 Å². The Bertz CT molecular complexity index is 1260. The number of benzene rings is 2. The minimum atomic E-state index is -0.247. The van der Waals surface area contributed by atoms with Gasteiger partial charge in [-0.1, -0.05) is 58.7 Å². The molecule has 1 N–H and O–H groups in total. The number of carbonyl (C=O) groups excluding carboxylic acids is 1. The average molecular weight is 450 g/mol. The largest absolute Gasteiger partial charge is 0.333 e. The maximum atomic E-state index is 12.9. The van der Waals surface area contributed by atoms with Gasteiger partial charge in [0.05, 0.1) is 16.1 Å². The Labute approximate surface area is 189 Å². The molecule has 1 amide bonds. The van der Waals surface area contributed by atoms with Gasteiger partial charge < -0.3 is 9.84 Å². The first-order valence-electron chi connectivity index (χ1n) is 10.2. The van der Waals surface area contributed by atoms with Gasteiger partial charge in [0.25, 0.3) is 11.8 Å². The Balaban J connectivity index is 1.54. The zero-order valence-electron chi connectivity index (χ0n) is 16.9. The highest BCUT2D eigenvalue weighted by Gasteiger charge is 2.27. The molecule has 0 saturated heterocycles. The third-order valence-electron chi connectivity index (χ3n) is 5.47. The summed E-state index contributed by atoms with van der Waals surface area (Å²) in [6.07, 6.45) is 4.18. The van der Waals surface area contributed by atoms with Crippen LogP contribution in [-0.4, -0.2) is 16.0 Å². The molecule has 2 aromatic heterocycles. The Hall–Kier alpha value is -2.96. The summed E-state index contributed by atoms with van der Waals surface area (Å²) in [7, 11) is 0. The van der Waals surface area contributed by atoms with Gasteiger partial charge in [0, 0.05) is 10.4 Å². The predicted octanol–water partition coefficient (Wildman–Crippen LogP) is 6.56. The van der Waals surface area contributed by atoms with E-state index in [1.54, 1.807) is 35.6 Å². The number of anilines is 1. The van der Waals surface area contributed by atoms with E-state index in [0.717, 1.165) is 41.8 Å². The van der Waals surface area contributed by atoms with Crippen molar-refractivity contribution in [2.45, 2.75) is 32.6 Å². The van der Waals surface area contributed by atoms with E-state index in [2.05, 4.69) is 15.5 Å². The second-order valence-corrected chi connectivity index (χ2v) is 9.15. The fraction of sp³-hybridized carbons (Fsp3) is 0.208. The number of aryl methyl sites for hydroxylation is 2. The van der Waals surface area contributed by atoms with E-state index in [1.165, 1.54) is 16.0 Å². The zero-order chi connectivity index (χ0) is 21.4. The van der Waals surface area contributed by atoms with Gasteiger partial charge >= 0.3 is 0 Å². The van der Waals surface area contributed by atoms with Gasteiger partial charge in [-0.05, 0) is 50.3 Å². The number of thiophene rings is 1. The molecular weight excluding hydrogens is 430 g/mol. The molecule has 1 aliphatic carbocycles. The van der Waals surface area contributed by atoms with Crippen molar-refractivity contribution < 1.29 is 9.32 Å². The van der Waals surface area contributed by atoms with Crippen LogP contribution in [0.4, 0.5) is 5.00 Å². The zero-order valence-corrected chi connectivity index (χ0v) is 18.5. The number of rotatable bonds is 4. The second kappa shape index (κ2) is 8.29. The third kappa shape index (κ3) is 3.89. The van der Waals surface area contributed by atoms with Crippen LogP contribution >= 0.6 is 22.9 Å². The highest BCUT2D eigenvalue weighted by molar-refractivity contribution is 7.17. The van der Waals surface area contributed by atoms with Crippen LogP contribution in [0, 0.1) is 6.92 Å². The molecule has 0 unspecified atom stereocenters. The molecule has 0 aliphatic heterocycles. The van der Waals surface area contributed by atoms with Crippen LogP contribution in [0.15, 0.2) is 53.1 Å². The fourth-order valence-corrected chi connectivity index (χ4v) is 5.34. The molecule has 5 nitrogen and oxygen atoms in total. The van der Waals surface area contributed by atoms with Gasteiger partial charge in [-0.15, -0.1) is 11.3 Å². The number of nitrogens with one attached hydrogen (secondary N) is 1. The minimum absolute atomic E-state index is 0.247. The number of nitrogens with zero attached hydrogens (tertiary/aromatic N) is 2. The summed E-state index contributed by atoms with van der Waals surface area (Å²) in [5, 5.41) is 8.40. The van der Waals surface area contributed by atoms with Gasteiger partial charge in [-0.3, -0.25) is 4.79 Å². The van der Waals surface area contributed by atoms with E-state index in [1.807, 2.05) is 31.2 Å². The number of hydrogen-bond donors (Lipinski definition) is 1. The maximum Gasteiger partial charge on any atom is 0.261 e. The van der Waals surface area contributed by atoms with Crippen molar-refractivity contribution in [1.82, 2.24) is 10.1 Å². The van der Waals surface area contributed by atoms with Crippen LogP contribution < -0.4 is 5.32 Å². The molecule has 0 atom stereocenters. The number of amides is 1. The molecule has 1 aliphatic rings. The summed E-state index contributed by atoms with van der Waals surface area (Å²) < 4.78 is 5.68. The number of carbonyl (C=O) groups is 1. The molecule has 2 aromatic carbocycles. The monoisotopic (exact) mass is 449 g/mol. The van der Waals surface area contributed by atoms with E-state index < -0.39 is 0 Å². The average Bonchev–Trinajstić information content (AvgIpc) is 3.39. The van der Waals surface area contributed by atoms with Crippen molar-refractivity contribution in [2.75, 3.05) is 5.32 Å². The first kappa shape index (κ1) is 20.0. The Kier molecular flexibility index (Phi) is 5.34. The van der Waals surface area contributed by atoms with E-state index in [0.29, 0.717) is 22.3 Å². The SMILES string of the molecule is Cc1ccc(-c2noc(-c3c(NC(=O)c4ccccc4Cl)sc4c3CCCC4)n2)cc1. The molecule has 0 saturated carbocycles. The molecule has 0 spiro atoms. The topological polar surface area (TPSA) is 68.0 Å². The first-order chi connectivity index (χ1) is 15.1. The van der Waals surface area contributed by atoms with Crippen LogP contribution in [0.5, 0.6) is 0 Å². The molecule has 0 fully saturated rings. The van der Waals surface area contributed by atoms with Crippen molar-refractivity contribution in [3.8, 4) is 22.8 Å². The van der Waals surface area contributed by atoms with Gasteiger partial charge in [-0.2, -0.15) is 4.98 Å².